The van der Waals surface area contributed by atoms with Crippen molar-refractivity contribution in [2.24, 2.45) is 0 Å². The van der Waals surface area contributed by atoms with E-state index in [1.54, 1.807) is 0 Å². The average Bonchev–Trinajstić information content (AvgIpc) is 1.17. The van der Waals surface area contributed by atoms with E-state index in [2.05, 4.69) is 401 Å². The quantitative estimate of drug-likeness (QED) is 0.128. The largest absolute Gasteiger partial charge is 0.354 e. The SMILES string of the molecule is c1ccc(C2=C(c3c(-c4ccccc4)ccc(-c4ccccc4)c3-c3cccc4c3[nH]c3ccccc34)C(c3cccc4sc5ccccc5c34)N(c3ccccc3)N(c3c(-c4ccccc4)ccc(-c4ccccc4)c3-c3cccc4c3[nH]c3ccccc34)N2c2cccc3sc4ccccc4c23)cc1. The van der Waals surface area contributed by atoms with Gasteiger partial charge in [-0.2, -0.15) is 5.12 Å². The van der Waals surface area contributed by atoms with Gasteiger partial charge in [0.25, 0.3) is 0 Å². The molecule has 4 aromatic heterocycles. The summed E-state index contributed by atoms with van der Waals surface area (Å²) in [6, 6.07) is 140. The normalized spacial score (nSPS) is 13.5. The third-order valence-electron chi connectivity index (χ3n) is 21.6. The van der Waals surface area contributed by atoms with Crippen molar-refractivity contribution in [3.63, 3.8) is 0 Å². The zero-order valence-electron chi connectivity index (χ0n) is 57.5. The molecule has 16 aromatic carbocycles. The molecule has 7 heteroatoms. The van der Waals surface area contributed by atoms with Crippen LogP contribution in [0.3, 0.4) is 0 Å². The van der Waals surface area contributed by atoms with Gasteiger partial charge >= 0.3 is 0 Å². The Morgan fingerprint density at radius 1 is 0.264 bits per heavy atom. The Morgan fingerprint density at radius 2 is 0.651 bits per heavy atom. The molecule has 0 fully saturated rings. The molecule has 1 unspecified atom stereocenters. The summed E-state index contributed by atoms with van der Waals surface area (Å²) in [7, 11) is 0. The van der Waals surface area contributed by atoms with Crippen LogP contribution in [0.1, 0.15) is 22.7 Å². The molecule has 498 valence electrons. The predicted molar refractivity (Wildman–Crippen MR) is 453 cm³/mol. The van der Waals surface area contributed by atoms with Crippen molar-refractivity contribution in [1.29, 1.82) is 0 Å². The Bertz CT molecular complexity index is 6840. The van der Waals surface area contributed by atoms with Crippen molar-refractivity contribution in [3.05, 3.63) is 393 Å². The van der Waals surface area contributed by atoms with E-state index in [9.17, 15) is 0 Å². The van der Waals surface area contributed by atoms with Gasteiger partial charge in [0.15, 0.2) is 0 Å². The van der Waals surface area contributed by atoms with Gasteiger partial charge in [-0.05, 0) is 110 Å². The van der Waals surface area contributed by atoms with Crippen molar-refractivity contribution >= 4 is 135 Å². The lowest BCUT2D eigenvalue weighted by Crippen LogP contribution is -2.59. The smallest absolute Gasteiger partial charge is 0.106 e. The number of nitrogens with zero attached hydrogens (tertiary/aromatic N) is 3. The minimum Gasteiger partial charge on any atom is -0.354 e. The molecular formula is C99H65N5S2. The minimum atomic E-state index is -0.663. The van der Waals surface area contributed by atoms with Crippen LogP contribution in [0.2, 0.25) is 0 Å². The molecule has 0 saturated heterocycles. The number of anilines is 3. The number of hydrazine groups is 2. The Kier molecular flexibility index (Phi) is 14.6. The molecule has 0 amide bonds. The molecule has 0 spiro atoms. The van der Waals surface area contributed by atoms with Crippen LogP contribution in [-0.4, -0.2) is 9.97 Å². The third kappa shape index (κ3) is 9.81. The molecule has 5 heterocycles. The van der Waals surface area contributed by atoms with Gasteiger partial charge in [0, 0.05) is 106 Å². The van der Waals surface area contributed by atoms with Gasteiger partial charge in [-0.1, -0.05) is 322 Å². The highest BCUT2D eigenvalue weighted by Crippen LogP contribution is 2.62. The van der Waals surface area contributed by atoms with Gasteiger partial charge < -0.3 is 9.97 Å². The van der Waals surface area contributed by atoms with Crippen LogP contribution in [0.4, 0.5) is 17.1 Å². The van der Waals surface area contributed by atoms with Crippen LogP contribution in [0.25, 0.3) is 162 Å². The number of hydrogen-bond acceptors (Lipinski definition) is 5. The fourth-order valence-corrected chi connectivity index (χ4v) is 19.4. The first-order valence-electron chi connectivity index (χ1n) is 36.3. The average molecular weight is 1390 g/mol. The zero-order valence-corrected chi connectivity index (χ0v) is 59.2. The number of rotatable bonds is 12. The van der Waals surface area contributed by atoms with Gasteiger partial charge in [0.05, 0.1) is 33.8 Å². The first kappa shape index (κ1) is 61.4. The van der Waals surface area contributed by atoms with Gasteiger partial charge in [-0.15, -0.1) is 22.7 Å². The summed E-state index contributed by atoms with van der Waals surface area (Å²) in [4.78, 5) is 8.21. The summed E-state index contributed by atoms with van der Waals surface area (Å²) in [5, 5.41) is 17.5. The molecule has 106 heavy (non-hydrogen) atoms. The van der Waals surface area contributed by atoms with Crippen molar-refractivity contribution in [3.8, 4) is 66.8 Å². The van der Waals surface area contributed by atoms with E-state index in [4.69, 9.17) is 0 Å². The maximum atomic E-state index is 4.11. The Balaban J connectivity index is 1.06. The number of hydrogen-bond donors (Lipinski definition) is 2. The highest BCUT2D eigenvalue weighted by Gasteiger charge is 2.48. The Hall–Kier alpha value is -13.3. The number of para-hydroxylation sites is 5. The van der Waals surface area contributed by atoms with Crippen LogP contribution in [0.5, 0.6) is 0 Å². The summed E-state index contributed by atoms with van der Waals surface area (Å²) >= 11 is 3.72. The Morgan fingerprint density at radius 3 is 1.20 bits per heavy atom. The van der Waals surface area contributed by atoms with E-state index in [1.807, 2.05) is 22.7 Å². The van der Waals surface area contributed by atoms with Crippen molar-refractivity contribution in [2.75, 3.05) is 15.1 Å². The molecular weight excluding hydrogens is 1320 g/mol. The second-order valence-corrected chi connectivity index (χ2v) is 29.6. The number of benzene rings is 16. The first-order chi connectivity index (χ1) is 52.7. The highest BCUT2D eigenvalue weighted by molar-refractivity contribution is 7.26. The number of fused-ring (bicyclic) bond motifs is 12. The standard InChI is InChI=1S/C99H65N5S2/c1-7-31-63(32-8-1)69-59-60-71(65-35-11-3-12-36-65)93(90(69)79-49-27-47-75-73-43-19-23-52-82(73)100-95(75)79)94-97(67-39-15-5-16-40-67)103(84-54-30-58-88-92(84)78-46-22-26-56-86(78)106-88)104(102(68-41-17-6-18-42-68)98(94)81-51-29-57-87-89(81)77-45-21-25-55-85(77)105-87)99-72(66-37-13-4-14-38-66)62-61-70(64-33-9-2-10-34-64)91(99)80-50-28-48-76-74-44-20-24-53-83(74)101-96(76)80/h1-62,98,100-101H. The monoisotopic (exact) mass is 1390 g/mol. The van der Waals surface area contributed by atoms with Gasteiger partial charge in [-0.25, -0.2) is 5.01 Å². The minimum absolute atomic E-state index is 0.663. The van der Waals surface area contributed by atoms with Crippen LogP contribution in [-0.2, 0) is 0 Å². The number of aromatic nitrogens is 2. The predicted octanol–water partition coefficient (Wildman–Crippen LogP) is 27.7. The molecule has 0 bridgehead atoms. The molecule has 1 aliphatic heterocycles. The first-order valence-corrected chi connectivity index (χ1v) is 37.9. The van der Waals surface area contributed by atoms with Crippen molar-refractivity contribution in [2.45, 2.75) is 6.04 Å². The van der Waals surface area contributed by atoms with Crippen LogP contribution < -0.4 is 15.1 Å². The maximum absolute atomic E-state index is 4.11. The molecule has 0 aliphatic carbocycles. The lowest BCUT2D eigenvalue weighted by Gasteiger charge is -2.56. The fourth-order valence-electron chi connectivity index (χ4n) is 17.1. The van der Waals surface area contributed by atoms with Crippen LogP contribution >= 0.6 is 22.7 Å². The molecule has 0 saturated carbocycles. The van der Waals surface area contributed by atoms with Crippen LogP contribution in [0, 0.1) is 0 Å². The van der Waals surface area contributed by atoms with Gasteiger partial charge in [0.2, 0.25) is 0 Å². The number of H-pyrrole nitrogens is 2. The summed E-state index contributed by atoms with van der Waals surface area (Å²) in [6.45, 7) is 0. The number of thiophene rings is 2. The van der Waals surface area contributed by atoms with Crippen molar-refractivity contribution < 1.29 is 0 Å². The van der Waals surface area contributed by atoms with Gasteiger partial charge in [0.1, 0.15) is 6.04 Å². The van der Waals surface area contributed by atoms with Gasteiger partial charge in [-0.3, -0.25) is 5.01 Å². The van der Waals surface area contributed by atoms with Crippen molar-refractivity contribution in [1.82, 2.24) is 9.97 Å². The molecule has 1 aliphatic rings. The fraction of sp³-hybridized carbons (Fsp3) is 0.0101. The second kappa shape index (κ2) is 25.3. The molecule has 0 radical (unpaired) electrons. The molecule has 2 N–H and O–H groups in total. The molecule has 21 rings (SSSR count). The summed E-state index contributed by atoms with van der Waals surface area (Å²) in [5.74, 6) is 0. The van der Waals surface area contributed by atoms with Crippen LogP contribution in [0.15, 0.2) is 376 Å². The molecule has 5 nitrogen and oxygen atoms in total. The van der Waals surface area contributed by atoms with E-state index in [0.29, 0.717) is 0 Å². The molecule has 1 atom stereocenters. The topological polar surface area (TPSA) is 41.3 Å². The Labute approximate surface area is 621 Å². The van der Waals surface area contributed by atoms with E-state index in [0.717, 1.165) is 150 Å². The lowest BCUT2D eigenvalue weighted by molar-refractivity contribution is 0.662. The third-order valence-corrected chi connectivity index (χ3v) is 23.9. The highest BCUT2D eigenvalue weighted by atomic mass is 32.1. The van der Waals surface area contributed by atoms with E-state index in [-0.39, 0.29) is 0 Å². The summed E-state index contributed by atoms with van der Waals surface area (Å²) in [6.07, 6.45) is 0. The maximum Gasteiger partial charge on any atom is 0.106 e. The summed E-state index contributed by atoms with van der Waals surface area (Å²) in [5.41, 5.74) is 25.8. The number of aromatic amines is 2. The zero-order chi connectivity index (χ0) is 69.8. The lowest BCUT2D eigenvalue weighted by atomic mass is 9.76. The summed E-state index contributed by atoms with van der Waals surface area (Å²) < 4.78 is 4.84. The van der Waals surface area contributed by atoms with E-state index >= 15 is 0 Å². The van der Waals surface area contributed by atoms with E-state index < -0.39 is 6.04 Å². The number of nitrogens with one attached hydrogen (secondary N) is 2. The van der Waals surface area contributed by atoms with E-state index in [1.165, 1.54) is 45.7 Å². The molecule has 20 aromatic rings. The second-order valence-electron chi connectivity index (χ2n) is 27.4.